The van der Waals surface area contributed by atoms with Crippen molar-refractivity contribution in [2.45, 2.75) is 45.2 Å². The van der Waals surface area contributed by atoms with Crippen molar-refractivity contribution in [3.8, 4) is 6.07 Å². The minimum absolute atomic E-state index is 0. The molecule has 12 nitrogen and oxygen atoms in total. The summed E-state index contributed by atoms with van der Waals surface area (Å²) in [6.45, 7) is 2.22. The molecule has 0 aliphatic carbocycles. The van der Waals surface area contributed by atoms with Crippen LogP contribution in [0.2, 0.25) is 0 Å². The molecule has 2 atom stereocenters. The summed E-state index contributed by atoms with van der Waals surface area (Å²) in [5, 5.41) is 18.2. The van der Waals surface area contributed by atoms with Crippen LogP contribution in [-0.4, -0.2) is 89.8 Å². The van der Waals surface area contributed by atoms with Crippen LogP contribution in [0.5, 0.6) is 0 Å². The van der Waals surface area contributed by atoms with Crippen LogP contribution in [0.4, 0.5) is 11.4 Å². The number of nitrogens with zero attached hydrogens (tertiary/aromatic N) is 6. The van der Waals surface area contributed by atoms with Gasteiger partial charge in [-0.3, -0.25) is 14.6 Å². The molecule has 16 heteroatoms. The number of aliphatic imine (C=N–C) groups is 1. The molecule has 0 unspecified atom stereocenters. The second-order valence-electron chi connectivity index (χ2n) is 10.9. The zero-order chi connectivity index (χ0) is 34.2. The van der Waals surface area contributed by atoms with Gasteiger partial charge in [0, 0.05) is 57.2 Å². The highest BCUT2D eigenvalue weighted by molar-refractivity contribution is 8.15. The van der Waals surface area contributed by atoms with Crippen molar-refractivity contribution < 1.29 is 14.7 Å². The number of thiazole rings is 2. The molecule has 3 aliphatic heterocycles. The quantitative estimate of drug-likeness (QED) is 0.194. The SMILES string of the molecule is C.CN1CCCc2c1ccc1nc(C#N)sc21.CN1CCCc2c1ccc1nc(C3=N[C@@H](C(N)=O)CS3)sc21.CO.NC(=O)[C@H](N)CS. The molecule has 2 aromatic carbocycles. The highest BCUT2D eigenvalue weighted by Crippen LogP contribution is 2.38. The summed E-state index contributed by atoms with van der Waals surface area (Å²) in [6, 6.07) is 9.52. The zero-order valence-corrected chi connectivity index (χ0v) is 29.8. The first-order valence-corrected chi connectivity index (χ1v) is 18.1. The Morgan fingerprint density at radius 1 is 1.00 bits per heavy atom. The fourth-order valence-electron chi connectivity index (χ4n) is 5.36. The number of benzene rings is 2. The third kappa shape index (κ3) is 8.76. The Hall–Kier alpha value is -3.46. The summed E-state index contributed by atoms with van der Waals surface area (Å²) < 4.78 is 2.45. The lowest BCUT2D eigenvalue weighted by atomic mass is 10.0. The number of hydrogen-bond acceptors (Lipinski definition) is 14. The summed E-state index contributed by atoms with van der Waals surface area (Å²) in [7, 11) is 5.26. The number of hydrogen-bond donors (Lipinski definition) is 5. The first kappa shape index (κ1) is 39.0. The maximum absolute atomic E-state index is 11.3. The Labute approximate surface area is 298 Å². The van der Waals surface area contributed by atoms with Crippen LogP contribution in [0.3, 0.4) is 0 Å². The van der Waals surface area contributed by atoms with Gasteiger partial charge in [-0.1, -0.05) is 7.43 Å². The van der Waals surface area contributed by atoms with E-state index in [1.54, 1.807) is 23.1 Å². The minimum atomic E-state index is -0.594. The van der Waals surface area contributed by atoms with E-state index < -0.39 is 18.0 Å². The van der Waals surface area contributed by atoms with Gasteiger partial charge in [-0.05, 0) is 61.1 Å². The van der Waals surface area contributed by atoms with E-state index in [1.165, 1.54) is 56.1 Å². The summed E-state index contributed by atoms with van der Waals surface area (Å²) >= 11 is 8.50. The average molecular weight is 730 g/mol. The molecule has 0 saturated carbocycles. The lowest BCUT2D eigenvalue weighted by Gasteiger charge is -2.27. The van der Waals surface area contributed by atoms with Gasteiger partial charge in [-0.2, -0.15) is 17.9 Å². The van der Waals surface area contributed by atoms with Gasteiger partial charge >= 0.3 is 0 Å². The summed E-state index contributed by atoms with van der Waals surface area (Å²) in [5.41, 5.74) is 22.5. The van der Waals surface area contributed by atoms with Gasteiger partial charge in [0.1, 0.15) is 22.2 Å². The molecular formula is C32H43N9O3S4. The summed E-state index contributed by atoms with van der Waals surface area (Å²) in [6.07, 6.45) is 4.56. The number of aliphatic hydroxyl groups excluding tert-OH is 1. The molecule has 0 bridgehead atoms. The van der Waals surface area contributed by atoms with Gasteiger partial charge in [0.25, 0.3) is 0 Å². The molecule has 7 N–H and O–H groups in total. The van der Waals surface area contributed by atoms with Crippen molar-refractivity contribution in [1.29, 1.82) is 5.26 Å². The smallest absolute Gasteiger partial charge is 0.243 e. The van der Waals surface area contributed by atoms with E-state index in [4.69, 9.17) is 32.6 Å². The van der Waals surface area contributed by atoms with Crippen molar-refractivity contribution in [3.05, 3.63) is 45.4 Å². The molecule has 2 aromatic heterocycles. The number of primary amides is 2. The molecule has 3 aliphatic rings. The average Bonchev–Trinajstić information content (AvgIpc) is 3.84. The van der Waals surface area contributed by atoms with Crippen LogP contribution in [0, 0.1) is 11.3 Å². The van der Waals surface area contributed by atoms with Crippen molar-refractivity contribution >= 4 is 95.7 Å². The second-order valence-corrected chi connectivity index (χ2v) is 14.2. The summed E-state index contributed by atoms with van der Waals surface area (Å²) in [5.74, 6) is 0.0779. The Morgan fingerprint density at radius 3 is 2.00 bits per heavy atom. The van der Waals surface area contributed by atoms with Crippen LogP contribution in [0.15, 0.2) is 29.3 Å². The van der Waals surface area contributed by atoms with E-state index in [0.717, 1.165) is 54.1 Å². The molecule has 5 heterocycles. The van der Waals surface area contributed by atoms with Gasteiger partial charge in [0.15, 0.2) is 5.01 Å². The standard InChI is InChI=1S/C15H16N4OS2.C12H11N3S.C3H8N2OS.CH4O.CH4/c1-19-6-2-3-8-11(19)5-4-9-12(8)22-15(17-9)14-18-10(7-21-14)13(16)20;1-15-6-2-3-8-10(15)5-4-9-12(8)16-11(7-13)14-9;4-2(1-7)3(5)6;1-2;/h4-5,10H,2-3,6-7H2,1H3,(H2,16,20);4-5H,2-3,6H2,1H3;2,7H,1,4H2,(H2,5,6);2H,1H3;1H4/t10-;;2-;;/m1.1../s1. The fourth-order valence-corrected chi connectivity index (χ4v) is 8.73. The normalized spacial score (nSPS) is 16.7. The number of thiol groups is 1. The number of aliphatic hydroxyl groups is 1. The van der Waals surface area contributed by atoms with Crippen LogP contribution >= 0.6 is 47.1 Å². The minimum Gasteiger partial charge on any atom is -0.400 e. The zero-order valence-electron chi connectivity index (χ0n) is 26.5. The number of aryl methyl sites for hydroxylation is 2. The van der Waals surface area contributed by atoms with Crippen molar-refractivity contribution in [3.63, 3.8) is 0 Å². The second kappa shape index (κ2) is 17.8. The van der Waals surface area contributed by atoms with Crippen LogP contribution in [0.25, 0.3) is 20.4 Å². The van der Waals surface area contributed by atoms with E-state index in [-0.39, 0.29) is 13.3 Å². The first-order valence-electron chi connectivity index (χ1n) is 14.9. The Morgan fingerprint density at radius 2 is 1.54 bits per heavy atom. The lowest BCUT2D eigenvalue weighted by molar-refractivity contribution is -0.119. The predicted molar refractivity (Wildman–Crippen MR) is 205 cm³/mol. The Kier molecular flexibility index (Phi) is 14.5. The molecule has 4 aromatic rings. The van der Waals surface area contributed by atoms with E-state index in [1.807, 2.05) is 6.07 Å². The molecular weight excluding hydrogens is 687 g/mol. The number of fused-ring (bicyclic) bond motifs is 6. The van der Waals surface area contributed by atoms with Crippen LogP contribution < -0.4 is 27.0 Å². The molecule has 0 fully saturated rings. The predicted octanol–water partition coefficient (Wildman–Crippen LogP) is 3.55. The van der Waals surface area contributed by atoms with E-state index in [0.29, 0.717) is 16.5 Å². The topological polar surface area (TPSA) is 201 Å². The maximum atomic E-state index is 11.3. The molecule has 0 spiro atoms. The first-order chi connectivity index (χ1) is 22.6. The van der Waals surface area contributed by atoms with Gasteiger partial charge in [0.2, 0.25) is 11.8 Å². The largest absolute Gasteiger partial charge is 0.400 e. The molecule has 258 valence electrons. The summed E-state index contributed by atoms with van der Waals surface area (Å²) in [4.78, 5) is 39.3. The Bertz CT molecular complexity index is 1820. The van der Waals surface area contributed by atoms with Gasteiger partial charge < -0.3 is 32.1 Å². The van der Waals surface area contributed by atoms with E-state index in [2.05, 4.69) is 70.8 Å². The number of nitriles is 1. The van der Waals surface area contributed by atoms with Gasteiger partial charge in [-0.15, -0.1) is 34.4 Å². The van der Waals surface area contributed by atoms with Crippen molar-refractivity contribution in [2.24, 2.45) is 22.2 Å². The molecule has 2 amide bonds. The van der Waals surface area contributed by atoms with Gasteiger partial charge in [-0.25, -0.2) is 9.97 Å². The number of aromatic nitrogens is 2. The number of rotatable bonds is 4. The maximum Gasteiger partial charge on any atom is 0.243 e. The number of carbonyl (C=O) groups is 2. The Balaban J connectivity index is 0.000000212. The number of thioether (sulfide) groups is 1. The third-order valence-corrected chi connectivity index (χ3v) is 11.5. The van der Waals surface area contributed by atoms with Crippen molar-refractivity contribution in [1.82, 2.24) is 9.97 Å². The highest BCUT2D eigenvalue weighted by Gasteiger charge is 2.27. The molecule has 48 heavy (non-hydrogen) atoms. The molecule has 0 radical (unpaired) electrons. The van der Waals surface area contributed by atoms with E-state index >= 15 is 0 Å². The number of carbonyl (C=O) groups excluding carboxylic acids is 2. The number of nitrogens with two attached hydrogens (primary N) is 3. The fraction of sp³-hybridized carbons (Fsp3) is 0.438. The number of anilines is 2. The van der Waals surface area contributed by atoms with Crippen LogP contribution in [-0.2, 0) is 22.4 Å². The van der Waals surface area contributed by atoms with E-state index in [9.17, 15) is 9.59 Å². The molecule has 0 saturated heterocycles. The third-order valence-electron chi connectivity index (χ3n) is 7.75. The number of amides is 2. The van der Waals surface area contributed by atoms with Crippen molar-refractivity contribution in [2.75, 3.05) is 55.6 Å². The molecule has 7 rings (SSSR count). The lowest BCUT2D eigenvalue weighted by Crippen LogP contribution is -2.37. The highest BCUT2D eigenvalue weighted by atomic mass is 32.2. The van der Waals surface area contributed by atoms with Gasteiger partial charge in [0.05, 0.1) is 26.5 Å². The van der Waals surface area contributed by atoms with Crippen LogP contribution in [0.1, 0.15) is 41.4 Å². The monoisotopic (exact) mass is 729 g/mol.